The van der Waals surface area contributed by atoms with Crippen molar-refractivity contribution >= 4 is 33.6 Å². The number of rotatable bonds is 2. The summed E-state index contributed by atoms with van der Waals surface area (Å²) in [6.07, 6.45) is 0. The molecule has 108 valence electrons. The van der Waals surface area contributed by atoms with Crippen LogP contribution in [0.15, 0.2) is 53.0 Å². The maximum absolute atomic E-state index is 11.8. The molecular formula is C15H14BrN3O2. The fourth-order valence-corrected chi connectivity index (χ4v) is 1.94. The predicted molar refractivity (Wildman–Crippen MR) is 84.9 cm³/mol. The lowest BCUT2D eigenvalue weighted by molar-refractivity contribution is 0.0938. The highest BCUT2D eigenvalue weighted by molar-refractivity contribution is 9.10. The number of urea groups is 1. The van der Waals surface area contributed by atoms with Gasteiger partial charge in [-0.3, -0.25) is 10.2 Å². The van der Waals surface area contributed by atoms with Crippen molar-refractivity contribution in [3.63, 3.8) is 0 Å². The Morgan fingerprint density at radius 3 is 2.38 bits per heavy atom. The van der Waals surface area contributed by atoms with Crippen LogP contribution in [0.3, 0.4) is 0 Å². The zero-order chi connectivity index (χ0) is 15.2. The monoisotopic (exact) mass is 347 g/mol. The number of benzene rings is 2. The molecular weight excluding hydrogens is 334 g/mol. The van der Waals surface area contributed by atoms with E-state index in [4.69, 9.17) is 0 Å². The Balaban J connectivity index is 1.86. The average Bonchev–Trinajstić information content (AvgIpc) is 2.45. The van der Waals surface area contributed by atoms with Crippen LogP contribution in [-0.2, 0) is 0 Å². The van der Waals surface area contributed by atoms with E-state index in [1.807, 2.05) is 25.1 Å². The van der Waals surface area contributed by atoms with Crippen molar-refractivity contribution in [2.24, 2.45) is 0 Å². The van der Waals surface area contributed by atoms with E-state index < -0.39 is 6.03 Å². The Morgan fingerprint density at radius 1 is 1.00 bits per heavy atom. The maximum atomic E-state index is 11.8. The molecule has 0 saturated carbocycles. The predicted octanol–water partition coefficient (Wildman–Crippen LogP) is 3.22. The van der Waals surface area contributed by atoms with Crippen LogP contribution in [0.5, 0.6) is 0 Å². The number of halogens is 1. The molecule has 0 aliphatic heterocycles. The summed E-state index contributed by atoms with van der Waals surface area (Å²) in [5, 5.41) is 2.63. The second-order valence-electron chi connectivity index (χ2n) is 4.41. The number of carbonyl (C=O) groups is 2. The molecule has 0 radical (unpaired) electrons. The van der Waals surface area contributed by atoms with Gasteiger partial charge in [-0.15, -0.1) is 0 Å². The number of nitrogens with one attached hydrogen (secondary N) is 3. The standard InChI is InChI=1S/C15H14BrN3O2/c1-10-3-2-4-13(9-10)17-15(21)19-18-14(20)11-5-7-12(16)8-6-11/h2-9H,1H3,(H,18,20)(H2,17,19,21). The summed E-state index contributed by atoms with van der Waals surface area (Å²) in [6, 6.07) is 13.7. The van der Waals surface area contributed by atoms with Gasteiger partial charge in [-0.25, -0.2) is 10.2 Å². The van der Waals surface area contributed by atoms with E-state index in [-0.39, 0.29) is 5.91 Å². The van der Waals surface area contributed by atoms with Crippen LogP contribution < -0.4 is 16.2 Å². The Morgan fingerprint density at radius 2 is 1.71 bits per heavy atom. The molecule has 5 nitrogen and oxygen atoms in total. The molecule has 2 rings (SSSR count). The molecule has 3 N–H and O–H groups in total. The molecule has 3 amide bonds. The molecule has 21 heavy (non-hydrogen) atoms. The summed E-state index contributed by atoms with van der Waals surface area (Å²) in [7, 11) is 0. The molecule has 0 unspecified atom stereocenters. The summed E-state index contributed by atoms with van der Waals surface area (Å²) in [6.45, 7) is 1.93. The smallest absolute Gasteiger partial charge is 0.307 e. The first-order valence-corrected chi connectivity index (χ1v) is 7.03. The highest BCUT2D eigenvalue weighted by Gasteiger charge is 2.07. The summed E-state index contributed by atoms with van der Waals surface area (Å²) < 4.78 is 0.879. The van der Waals surface area contributed by atoms with Gasteiger partial charge in [0.2, 0.25) is 0 Å². The van der Waals surface area contributed by atoms with Crippen LogP contribution in [-0.4, -0.2) is 11.9 Å². The lowest BCUT2D eigenvalue weighted by Gasteiger charge is -2.09. The van der Waals surface area contributed by atoms with Crippen molar-refractivity contribution in [2.45, 2.75) is 6.92 Å². The van der Waals surface area contributed by atoms with Crippen molar-refractivity contribution in [3.8, 4) is 0 Å². The maximum Gasteiger partial charge on any atom is 0.337 e. The van der Waals surface area contributed by atoms with Crippen LogP contribution in [0.2, 0.25) is 0 Å². The van der Waals surface area contributed by atoms with E-state index in [1.54, 1.807) is 30.3 Å². The highest BCUT2D eigenvalue weighted by Crippen LogP contribution is 2.10. The molecule has 0 spiro atoms. The molecule has 0 aliphatic carbocycles. The number of aryl methyl sites for hydroxylation is 1. The van der Waals surface area contributed by atoms with Crippen molar-refractivity contribution in [1.29, 1.82) is 0 Å². The summed E-state index contributed by atoms with van der Waals surface area (Å²) in [5.74, 6) is -0.387. The quantitative estimate of drug-likeness (QED) is 0.730. The fraction of sp³-hybridized carbons (Fsp3) is 0.0667. The zero-order valence-corrected chi connectivity index (χ0v) is 12.9. The van der Waals surface area contributed by atoms with Gasteiger partial charge < -0.3 is 5.32 Å². The molecule has 0 bridgehead atoms. The topological polar surface area (TPSA) is 70.2 Å². The molecule has 0 aromatic heterocycles. The van der Waals surface area contributed by atoms with Gasteiger partial charge in [0.15, 0.2) is 0 Å². The van der Waals surface area contributed by atoms with Crippen molar-refractivity contribution in [3.05, 3.63) is 64.1 Å². The molecule has 0 atom stereocenters. The van der Waals surface area contributed by atoms with E-state index in [0.717, 1.165) is 10.0 Å². The van der Waals surface area contributed by atoms with Crippen LogP contribution >= 0.6 is 15.9 Å². The molecule has 0 saturated heterocycles. The van der Waals surface area contributed by atoms with Crippen LogP contribution in [0.1, 0.15) is 15.9 Å². The minimum absolute atomic E-state index is 0.387. The third-order valence-corrected chi connectivity index (χ3v) is 3.20. The summed E-state index contributed by atoms with van der Waals surface area (Å²) in [4.78, 5) is 23.5. The zero-order valence-electron chi connectivity index (χ0n) is 11.3. The summed E-state index contributed by atoms with van der Waals surface area (Å²) >= 11 is 3.29. The number of hydrogen-bond acceptors (Lipinski definition) is 2. The Bertz CT molecular complexity index is 656. The van der Waals surface area contributed by atoms with Gasteiger partial charge in [-0.2, -0.15) is 0 Å². The van der Waals surface area contributed by atoms with Crippen molar-refractivity contribution < 1.29 is 9.59 Å². The second kappa shape index (κ2) is 6.90. The second-order valence-corrected chi connectivity index (χ2v) is 5.33. The third-order valence-electron chi connectivity index (χ3n) is 2.67. The van der Waals surface area contributed by atoms with Gasteiger partial charge in [0.25, 0.3) is 5.91 Å². The van der Waals surface area contributed by atoms with Crippen LogP contribution in [0.4, 0.5) is 10.5 Å². The molecule has 0 fully saturated rings. The molecule has 2 aromatic rings. The first-order chi connectivity index (χ1) is 10.0. The van der Waals surface area contributed by atoms with Gasteiger partial charge in [0.05, 0.1) is 0 Å². The van der Waals surface area contributed by atoms with E-state index in [2.05, 4.69) is 32.1 Å². The van der Waals surface area contributed by atoms with Crippen molar-refractivity contribution in [1.82, 2.24) is 10.9 Å². The van der Waals surface area contributed by atoms with Gasteiger partial charge >= 0.3 is 6.03 Å². The highest BCUT2D eigenvalue weighted by atomic mass is 79.9. The fourth-order valence-electron chi connectivity index (χ4n) is 1.67. The minimum Gasteiger partial charge on any atom is -0.307 e. The van der Waals surface area contributed by atoms with Gasteiger partial charge in [-0.05, 0) is 48.9 Å². The first-order valence-electron chi connectivity index (χ1n) is 6.24. The molecule has 6 heteroatoms. The lowest BCUT2D eigenvalue weighted by Crippen LogP contribution is -2.43. The van der Waals surface area contributed by atoms with E-state index in [0.29, 0.717) is 11.3 Å². The lowest BCUT2D eigenvalue weighted by atomic mass is 10.2. The largest absolute Gasteiger partial charge is 0.337 e. The van der Waals surface area contributed by atoms with Gasteiger partial charge in [0, 0.05) is 15.7 Å². The number of hydrogen-bond donors (Lipinski definition) is 3. The van der Waals surface area contributed by atoms with E-state index in [1.165, 1.54) is 0 Å². The minimum atomic E-state index is -0.508. The Hall–Kier alpha value is -2.34. The molecule has 0 heterocycles. The summed E-state index contributed by atoms with van der Waals surface area (Å²) in [5.41, 5.74) is 6.78. The van der Waals surface area contributed by atoms with Crippen molar-refractivity contribution in [2.75, 3.05) is 5.32 Å². The third kappa shape index (κ3) is 4.61. The number of hydrazine groups is 1. The number of carbonyl (C=O) groups excluding carboxylic acids is 2. The molecule has 2 aromatic carbocycles. The normalized spacial score (nSPS) is 9.81. The Labute approximate surface area is 130 Å². The Kier molecular flexibility index (Phi) is 4.94. The van der Waals surface area contributed by atoms with Gasteiger partial charge in [-0.1, -0.05) is 28.1 Å². The van der Waals surface area contributed by atoms with E-state index in [9.17, 15) is 9.59 Å². The molecule has 0 aliphatic rings. The SMILES string of the molecule is Cc1cccc(NC(=O)NNC(=O)c2ccc(Br)cc2)c1. The average molecular weight is 348 g/mol. The first kappa shape index (κ1) is 15.1. The van der Waals surface area contributed by atoms with E-state index >= 15 is 0 Å². The number of amides is 3. The van der Waals surface area contributed by atoms with Crippen LogP contribution in [0, 0.1) is 6.92 Å². The number of anilines is 1. The van der Waals surface area contributed by atoms with Gasteiger partial charge in [0.1, 0.15) is 0 Å². The van der Waals surface area contributed by atoms with Crippen LogP contribution in [0.25, 0.3) is 0 Å².